The third-order valence-electron chi connectivity index (χ3n) is 6.55. The Kier molecular flexibility index (Phi) is 5.82. The molecule has 0 unspecified atom stereocenters. The predicted octanol–water partition coefficient (Wildman–Crippen LogP) is 4.54. The van der Waals surface area contributed by atoms with Crippen molar-refractivity contribution >= 4 is 40.6 Å². The summed E-state index contributed by atoms with van der Waals surface area (Å²) in [5.74, 6) is 0. The van der Waals surface area contributed by atoms with Crippen molar-refractivity contribution in [1.29, 1.82) is 0 Å². The maximum atomic E-state index is 11.4. The number of benzene rings is 2. The maximum Gasteiger partial charge on any atom is 0.407 e. The number of nitrogens with zero attached hydrogens (tertiary/aromatic N) is 3. The van der Waals surface area contributed by atoms with E-state index < -0.39 is 6.09 Å². The molecule has 170 valence electrons. The van der Waals surface area contributed by atoms with Crippen molar-refractivity contribution in [2.75, 3.05) is 67.6 Å². The molecular weight excluding hydrogens is 424 g/mol. The molecule has 0 bridgehead atoms. The van der Waals surface area contributed by atoms with E-state index in [4.69, 9.17) is 4.74 Å². The van der Waals surface area contributed by atoms with E-state index in [0.717, 1.165) is 45.8 Å². The minimum atomic E-state index is -0.823. The molecule has 0 spiro atoms. The Labute approximate surface area is 193 Å². The minimum Gasteiger partial charge on any atom is -0.465 e. The number of fused-ring (bicyclic) bond motifs is 2. The lowest BCUT2D eigenvalue weighted by Crippen LogP contribution is -2.36. The second-order valence-electron chi connectivity index (χ2n) is 8.71. The van der Waals surface area contributed by atoms with Gasteiger partial charge in [-0.2, -0.15) is 0 Å². The van der Waals surface area contributed by atoms with Crippen LogP contribution >= 0.6 is 11.8 Å². The fourth-order valence-electron chi connectivity index (χ4n) is 4.75. The van der Waals surface area contributed by atoms with Gasteiger partial charge in [0, 0.05) is 60.4 Å². The summed E-state index contributed by atoms with van der Waals surface area (Å²) in [5.41, 5.74) is 7.28. The summed E-state index contributed by atoms with van der Waals surface area (Å²) in [6, 6.07) is 9.06. The Hall–Kier alpha value is -2.58. The zero-order chi connectivity index (χ0) is 22.2. The Morgan fingerprint density at radius 2 is 1.47 bits per heavy atom. The molecule has 2 fully saturated rings. The van der Waals surface area contributed by atoms with E-state index >= 15 is 0 Å². The van der Waals surface area contributed by atoms with E-state index in [-0.39, 0.29) is 0 Å². The van der Waals surface area contributed by atoms with Crippen molar-refractivity contribution in [2.24, 2.45) is 0 Å². The molecule has 0 aromatic heterocycles. The lowest BCUT2D eigenvalue weighted by Gasteiger charge is -2.32. The first-order valence-corrected chi connectivity index (χ1v) is 12.1. The number of nitrogens with one attached hydrogen (secondary N) is 1. The zero-order valence-corrected chi connectivity index (χ0v) is 19.5. The molecule has 1 amide bonds. The highest BCUT2D eigenvalue weighted by atomic mass is 32.2. The summed E-state index contributed by atoms with van der Waals surface area (Å²) in [5, 5.41) is 13.0. The van der Waals surface area contributed by atoms with Crippen LogP contribution in [-0.2, 0) is 4.74 Å². The second-order valence-corrected chi connectivity index (χ2v) is 9.79. The van der Waals surface area contributed by atoms with Crippen LogP contribution in [0.4, 0.5) is 27.5 Å². The minimum absolute atomic E-state index is 0.543. The third kappa shape index (κ3) is 4.09. The molecule has 3 heterocycles. The van der Waals surface area contributed by atoms with Crippen molar-refractivity contribution < 1.29 is 14.6 Å². The molecular formula is C24H30N4O3S. The first-order valence-electron chi connectivity index (χ1n) is 11.3. The zero-order valence-electron chi connectivity index (χ0n) is 18.7. The van der Waals surface area contributed by atoms with Gasteiger partial charge in [-0.3, -0.25) is 0 Å². The van der Waals surface area contributed by atoms with Gasteiger partial charge in [-0.1, -0.05) is 11.8 Å². The van der Waals surface area contributed by atoms with Crippen molar-refractivity contribution in [3.05, 3.63) is 35.4 Å². The lowest BCUT2D eigenvalue weighted by molar-refractivity contribution is 0.122. The first kappa shape index (κ1) is 21.3. The standard InChI is InChI=1S/C24H30N4O3S/c1-16-12-18(26-4-3-5-28(7-6-26)24(29)30)14-20-22(16)25-23-17(2)13-19(15-21(23)32-20)27-8-10-31-11-9-27/h12-15,25H,3-11H2,1-2H3,(H,29,30). The van der Waals surface area contributed by atoms with E-state index in [1.54, 1.807) is 0 Å². The molecule has 0 saturated carbocycles. The molecule has 2 N–H and O–H groups in total. The van der Waals surface area contributed by atoms with Crippen LogP contribution in [0.5, 0.6) is 0 Å². The average molecular weight is 455 g/mol. The van der Waals surface area contributed by atoms with Crippen LogP contribution in [0.25, 0.3) is 0 Å². The molecule has 2 aromatic carbocycles. The van der Waals surface area contributed by atoms with Gasteiger partial charge < -0.3 is 29.9 Å². The number of rotatable bonds is 2. The van der Waals surface area contributed by atoms with Crippen LogP contribution < -0.4 is 15.1 Å². The van der Waals surface area contributed by atoms with Gasteiger partial charge in [-0.25, -0.2) is 4.79 Å². The molecule has 2 saturated heterocycles. The monoisotopic (exact) mass is 454 g/mol. The first-order chi connectivity index (χ1) is 15.5. The number of aryl methyl sites for hydroxylation is 2. The Balaban J connectivity index is 1.42. The van der Waals surface area contributed by atoms with Crippen molar-refractivity contribution in [3.8, 4) is 0 Å². The lowest BCUT2D eigenvalue weighted by atomic mass is 10.1. The molecule has 3 aliphatic heterocycles. The highest BCUT2D eigenvalue weighted by Gasteiger charge is 2.24. The second kappa shape index (κ2) is 8.75. The van der Waals surface area contributed by atoms with Gasteiger partial charge >= 0.3 is 6.09 Å². The van der Waals surface area contributed by atoms with E-state index in [9.17, 15) is 9.90 Å². The summed E-state index contributed by atoms with van der Waals surface area (Å²) in [6.07, 6.45) is 0.0231. The van der Waals surface area contributed by atoms with Gasteiger partial charge in [0.2, 0.25) is 0 Å². The van der Waals surface area contributed by atoms with Gasteiger partial charge in [0.25, 0.3) is 0 Å². The van der Waals surface area contributed by atoms with Crippen LogP contribution in [0.3, 0.4) is 0 Å². The summed E-state index contributed by atoms with van der Waals surface area (Å²) in [6.45, 7) is 10.5. The Morgan fingerprint density at radius 1 is 0.875 bits per heavy atom. The SMILES string of the molecule is Cc1cc(N2CCOCC2)cc2c1Nc1c(C)cc(N3CCCN(C(=O)O)CC3)cc1S2. The smallest absolute Gasteiger partial charge is 0.407 e. The number of anilines is 4. The molecule has 7 nitrogen and oxygen atoms in total. The number of carbonyl (C=O) groups is 1. The third-order valence-corrected chi connectivity index (χ3v) is 7.63. The summed E-state index contributed by atoms with van der Waals surface area (Å²) >= 11 is 1.83. The number of ether oxygens (including phenoxy) is 1. The topological polar surface area (TPSA) is 68.3 Å². The normalized spacial score (nSPS) is 18.5. The Bertz CT molecular complexity index is 1040. The van der Waals surface area contributed by atoms with Gasteiger partial charge in [-0.15, -0.1) is 0 Å². The number of amides is 1. The predicted molar refractivity (Wildman–Crippen MR) is 129 cm³/mol. The largest absolute Gasteiger partial charge is 0.465 e. The highest BCUT2D eigenvalue weighted by Crippen LogP contribution is 2.49. The van der Waals surface area contributed by atoms with Gasteiger partial charge in [0.05, 0.1) is 24.6 Å². The number of morpholine rings is 1. The molecule has 0 radical (unpaired) electrons. The molecule has 2 aromatic rings. The fraction of sp³-hybridized carbons (Fsp3) is 0.458. The van der Waals surface area contributed by atoms with Crippen molar-refractivity contribution in [1.82, 2.24) is 4.90 Å². The molecule has 5 rings (SSSR count). The average Bonchev–Trinajstić information content (AvgIpc) is 3.05. The molecule has 0 atom stereocenters. The van der Waals surface area contributed by atoms with Crippen LogP contribution in [0.1, 0.15) is 17.5 Å². The highest BCUT2D eigenvalue weighted by molar-refractivity contribution is 7.99. The Morgan fingerprint density at radius 3 is 2.06 bits per heavy atom. The molecule has 0 aliphatic carbocycles. The van der Waals surface area contributed by atoms with Crippen LogP contribution in [0.2, 0.25) is 0 Å². The number of carboxylic acid groups (broad SMARTS) is 1. The molecule has 32 heavy (non-hydrogen) atoms. The van der Waals surface area contributed by atoms with Gasteiger partial charge in [0.15, 0.2) is 0 Å². The van der Waals surface area contributed by atoms with E-state index in [1.165, 1.54) is 48.6 Å². The van der Waals surface area contributed by atoms with Crippen molar-refractivity contribution in [3.63, 3.8) is 0 Å². The summed E-state index contributed by atoms with van der Waals surface area (Å²) in [4.78, 5) is 20.1. The van der Waals surface area contributed by atoms with E-state index in [1.807, 2.05) is 11.8 Å². The molecule has 3 aliphatic rings. The van der Waals surface area contributed by atoms with Crippen LogP contribution in [0.15, 0.2) is 34.1 Å². The van der Waals surface area contributed by atoms with E-state index in [2.05, 4.69) is 53.2 Å². The quantitative estimate of drug-likeness (QED) is 0.589. The fourth-order valence-corrected chi connectivity index (χ4v) is 5.98. The summed E-state index contributed by atoms with van der Waals surface area (Å²) in [7, 11) is 0. The number of hydrogen-bond acceptors (Lipinski definition) is 6. The maximum absolute atomic E-state index is 11.4. The molecule has 8 heteroatoms. The van der Waals surface area contributed by atoms with Gasteiger partial charge in [0.1, 0.15) is 0 Å². The van der Waals surface area contributed by atoms with Crippen molar-refractivity contribution in [2.45, 2.75) is 30.1 Å². The number of hydrogen-bond donors (Lipinski definition) is 2. The van der Waals surface area contributed by atoms with E-state index in [0.29, 0.717) is 13.1 Å². The van der Waals surface area contributed by atoms with Crippen LogP contribution in [0, 0.1) is 13.8 Å². The summed E-state index contributed by atoms with van der Waals surface area (Å²) < 4.78 is 5.52. The van der Waals surface area contributed by atoms with Gasteiger partial charge in [-0.05, 0) is 55.7 Å². The van der Waals surface area contributed by atoms with Crippen LogP contribution in [-0.4, -0.2) is 68.6 Å².